The molecule has 40 heavy (non-hydrogen) atoms. The van der Waals surface area contributed by atoms with E-state index in [0.717, 1.165) is 27.8 Å². The van der Waals surface area contributed by atoms with Crippen molar-refractivity contribution in [2.75, 3.05) is 6.61 Å². The van der Waals surface area contributed by atoms with Crippen LogP contribution in [0.2, 0.25) is 0 Å². The van der Waals surface area contributed by atoms with Gasteiger partial charge in [0.25, 0.3) is 0 Å². The molecule has 0 aromatic heterocycles. The Labute approximate surface area is 236 Å². The topological polar surface area (TPSA) is 46.2 Å². The van der Waals surface area contributed by atoms with E-state index in [1.807, 2.05) is 121 Å². The molecule has 1 aliphatic heterocycles. The number of benzene rings is 4. The Balaban J connectivity index is 1.34. The van der Waals surface area contributed by atoms with Gasteiger partial charge in [0.15, 0.2) is 6.29 Å². The van der Waals surface area contributed by atoms with Gasteiger partial charge in [-0.05, 0) is 27.8 Å². The first kappa shape index (κ1) is 28.0. The van der Waals surface area contributed by atoms with Crippen molar-refractivity contribution in [2.24, 2.45) is 0 Å². The van der Waals surface area contributed by atoms with E-state index in [9.17, 15) is 0 Å². The average Bonchev–Trinajstić information content (AvgIpc) is 3.01. The van der Waals surface area contributed by atoms with E-state index in [1.165, 1.54) is 0 Å². The molecule has 206 valence electrons. The Morgan fingerprint density at radius 2 is 0.950 bits per heavy atom. The van der Waals surface area contributed by atoms with E-state index in [-0.39, 0.29) is 0 Å². The minimum Gasteiger partial charge on any atom is -0.374 e. The molecule has 5 nitrogen and oxygen atoms in total. The largest absolute Gasteiger partial charge is 0.374 e. The molecule has 0 saturated carbocycles. The summed E-state index contributed by atoms with van der Waals surface area (Å²) < 4.78 is 31.9. The summed E-state index contributed by atoms with van der Waals surface area (Å²) in [5.74, 6) is 0. The molecule has 0 unspecified atom stereocenters. The fourth-order valence-electron chi connectivity index (χ4n) is 4.65. The van der Waals surface area contributed by atoms with Crippen LogP contribution in [0, 0.1) is 0 Å². The van der Waals surface area contributed by atoms with Crippen LogP contribution in [0.25, 0.3) is 0 Å². The Hall–Kier alpha value is -3.58. The van der Waals surface area contributed by atoms with Crippen LogP contribution < -0.4 is 0 Å². The van der Waals surface area contributed by atoms with Gasteiger partial charge >= 0.3 is 0 Å². The van der Waals surface area contributed by atoms with Crippen molar-refractivity contribution in [2.45, 2.75) is 51.0 Å². The number of hydrogen-bond donors (Lipinski definition) is 0. The third-order valence-electron chi connectivity index (χ3n) is 6.84. The second-order valence-corrected chi connectivity index (χ2v) is 9.84. The molecule has 0 radical (unpaired) electrons. The lowest BCUT2D eigenvalue weighted by Crippen LogP contribution is -2.54. The minimum atomic E-state index is -0.680. The molecule has 5 heteroatoms. The minimum absolute atomic E-state index is 0.329. The second-order valence-electron chi connectivity index (χ2n) is 9.84. The fourth-order valence-corrected chi connectivity index (χ4v) is 4.65. The highest BCUT2D eigenvalue weighted by molar-refractivity contribution is 5.20. The predicted octanol–water partition coefficient (Wildman–Crippen LogP) is 6.87. The van der Waals surface area contributed by atoms with E-state index in [4.69, 9.17) is 23.7 Å². The molecular weight excluding hydrogens is 500 g/mol. The van der Waals surface area contributed by atoms with Crippen LogP contribution in [0.15, 0.2) is 133 Å². The van der Waals surface area contributed by atoms with Gasteiger partial charge in [0.1, 0.15) is 18.3 Å². The van der Waals surface area contributed by atoms with Gasteiger partial charge in [0.2, 0.25) is 0 Å². The standard InChI is InChI=1S/C35H36O5/c1-27-32(26-36-22-28-14-6-2-7-15-28)40-35(39-25-31-20-12-5-13-21-31)34(38-24-30-18-10-4-11-19-30)33(27)37-23-29-16-8-3-9-17-29/h2-21,32-35H,1,22-26H2/t32-,33+,34-,35+/m1/s1. The molecule has 1 saturated heterocycles. The van der Waals surface area contributed by atoms with Gasteiger partial charge in [0.05, 0.1) is 33.0 Å². The van der Waals surface area contributed by atoms with Crippen molar-refractivity contribution < 1.29 is 23.7 Å². The highest BCUT2D eigenvalue weighted by Crippen LogP contribution is 2.32. The maximum absolute atomic E-state index is 6.52. The van der Waals surface area contributed by atoms with Gasteiger partial charge in [-0.1, -0.05) is 128 Å². The van der Waals surface area contributed by atoms with Crippen molar-refractivity contribution in [3.63, 3.8) is 0 Å². The highest BCUT2D eigenvalue weighted by Gasteiger charge is 2.44. The molecule has 5 rings (SSSR count). The number of ether oxygens (including phenoxy) is 5. The maximum Gasteiger partial charge on any atom is 0.187 e. The van der Waals surface area contributed by atoms with E-state index in [1.54, 1.807) is 0 Å². The first-order valence-corrected chi connectivity index (χ1v) is 13.7. The smallest absolute Gasteiger partial charge is 0.187 e. The molecule has 1 aliphatic rings. The summed E-state index contributed by atoms with van der Waals surface area (Å²) in [5.41, 5.74) is 5.06. The maximum atomic E-state index is 6.52. The molecule has 4 aromatic carbocycles. The van der Waals surface area contributed by atoms with Crippen LogP contribution in [0.5, 0.6) is 0 Å². The molecule has 4 atom stereocenters. The zero-order valence-electron chi connectivity index (χ0n) is 22.6. The van der Waals surface area contributed by atoms with Crippen molar-refractivity contribution in [3.05, 3.63) is 156 Å². The summed E-state index contributed by atoms with van der Waals surface area (Å²) in [4.78, 5) is 0. The van der Waals surface area contributed by atoms with E-state index in [2.05, 4.69) is 6.58 Å². The van der Waals surface area contributed by atoms with E-state index < -0.39 is 24.6 Å². The van der Waals surface area contributed by atoms with E-state index in [0.29, 0.717) is 33.0 Å². The fraction of sp³-hybridized carbons (Fsp3) is 0.257. The van der Waals surface area contributed by atoms with Crippen molar-refractivity contribution in [1.29, 1.82) is 0 Å². The van der Waals surface area contributed by atoms with Gasteiger partial charge < -0.3 is 23.7 Å². The Morgan fingerprint density at radius 1 is 0.525 bits per heavy atom. The van der Waals surface area contributed by atoms with Crippen LogP contribution in [0.1, 0.15) is 22.3 Å². The van der Waals surface area contributed by atoms with Crippen molar-refractivity contribution in [3.8, 4) is 0 Å². The van der Waals surface area contributed by atoms with Gasteiger partial charge in [-0.15, -0.1) is 0 Å². The SMILES string of the molecule is C=C1[C@@H](COCc2ccccc2)O[C@H](OCc2ccccc2)[C@H](OCc2ccccc2)[C@H]1OCc1ccccc1. The first-order chi connectivity index (χ1) is 19.8. The predicted molar refractivity (Wildman–Crippen MR) is 155 cm³/mol. The van der Waals surface area contributed by atoms with Crippen molar-refractivity contribution >= 4 is 0 Å². The highest BCUT2D eigenvalue weighted by atomic mass is 16.7. The molecular formula is C35H36O5. The molecule has 0 N–H and O–H groups in total. The molecule has 0 bridgehead atoms. The molecule has 1 fully saturated rings. The van der Waals surface area contributed by atoms with Crippen molar-refractivity contribution in [1.82, 2.24) is 0 Å². The lowest BCUT2D eigenvalue weighted by atomic mass is 9.96. The molecule has 0 spiro atoms. The van der Waals surface area contributed by atoms with Crippen LogP contribution >= 0.6 is 0 Å². The molecule has 0 amide bonds. The molecule has 4 aromatic rings. The summed E-state index contributed by atoms with van der Waals surface area (Å²) in [6, 6.07) is 40.3. The summed E-state index contributed by atoms with van der Waals surface area (Å²) in [6.07, 6.45) is -2.07. The van der Waals surface area contributed by atoms with E-state index >= 15 is 0 Å². The van der Waals surface area contributed by atoms with Gasteiger partial charge in [0, 0.05) is 0 Å². The average molecular weight is 537 g/mol. The third kappa shape index (κ3) is 7.98. The quantitative estimate of drug-likeness (QED) is 0.175. The zero-order valence-corrected chi connectivity index (χ0v) is 22.6. The Kier molecular flexibility index (Phi) is 10.3. The summed E-state index contributed by atoms with van der Waals surface area (Å²) >= 11 is 0. The summed E-state index contributed by atoms with van der Waals surface area (Å²) in [6.45, 7) is 6.41. The third-order valence-corrected chi connectivity index (χ3v) is 6.84. The monoisotopic (exact) mass is 536 g/mol. The normalized spacial score (nSPS) is 20.9. The van der Waals surface area contributed by atoms with Crippen LogP contribution in [-0.2, 0) is 50.1 Å². The second kappa shape index (κ2) is 14.7. The van der Waals surface area contributed by atoms with Gasteiger partial charge in [-0.3, -0.25) is 0 Å². The Morgan fingerprint density at radius 3 is 1.45 bits per heavy atom. The van der Waals surface area contributed by atoms with Crippen LogP contribution in [-0.4, -0.2) is 31.2 Å². The Bertz CT molecular complexity index is 1280. The summed E-state index contributed by atoms with van der Waals surface area (Å²) in [7, 11) is 0. The number of rotatable bonds is 13. The van der Waals surface area contributed by atoms with Crippen LogP contribution in [0.3, 0.4) is 0 Å². The number of hydrogen-bond acceptors (Lipinski definition) is 5. The van der Waals surface area contributed by atoms with Crippen LogP contribution in [0.4, 0.5) is 0 Å². The van der Waals surface area contributed by atoms with Gasteiger partial charge in [-0.2, -0.15) is 0 Å². The molecule has 0 aliphatic carbocycles. The lowest BCUT2D eigenvalue weighted by Gasteiger charge is -2.42. The lowest BCUT2D eigenvalue weighted by molar-refractivity contribution is -0.277. The van der Waals surface area contributed by atoms with Gasteiger partial charge in [-0.25, -0.2) is 0 Å². The summed E-state index contributed by atoms with van der Waals surface area (Å²) in [5, 5.41) is 0. The zero-order chi connectivity index (χ0) is 27.4. The molecule has 1 heterocycles. The first-order valence-electron chi connectivity index (χ1n) is 13.7.